The van der Waals surface area contributed by atoms with Crippen LogP contribution in [0.3, 0.4) is 0 Å². The van der Waals surface area contributed by atoms with Gasteiger partial charge in [0.2, 0.25) is 5.91 Å². The minimum atomic E-state index is -0.830. The van der Waals surface area contributed by atoms with Gasteiger partial charge in [-0.15, -0.1) is 0 Å². The second kappa shape index (κ2) is 7.51. The van der Waals surface area contributed by atoms with E-state index in [1.165, 1.54) is 12.8 Å². The fraction of sp³-hybridized carbons (Fsp3) is 0.867. The van der Waals surface area contributed by atoms with Crippen LogP contribution in [0.25, 0.3) is 0 Å². The second-order valence-corrected chi connectivity index (χ2v) is 6.03. The average Bonchev–Trinajstić information content (AvgIpc) is 2.72. The molecule has 19 heavy (non-hydrogen) atoms. The number of carboxylic acid groups (broad SMARTS) is 1. The van der Waals surface area contributed by atoms with E-state index in [-0.39, 0.29) is 17.9 Å². The molecule has 0 radical (unpaired) electrons. The van der Waals surface area contributed by atoms with Gasteiger partial charge in [0.25, 0.3) is 0 Å². The summed E-state index contributed by atoms with van der Waals surface area (Å²) in [6, 6.07) is 0.143. The molecule has 4 atom stereocenters. The number of hydrogen-bond donors (Lipinski definition) is 2. The molecule has 1 fully saturated rings. The van der Waals surface area contributed by atoms with Gasteiger partial charge < -0.3 is 10.4 Å². The summed E-state index contributed by atoms with van der Waals surface area (Å²) in [5.74, 6) is -1.42. The number of nitrogens with one attached hydrogen (secondary N) is 1. The molecular formula is C15H27NO3. The van der Waals surface area contributed by atoms with Crippen molar-refractivity contribution < 1.29 is 14.7 Å². The summed E-state index contributed by atoms with van der Waals surface area (Å²) in [7, 11) is 0. The normalized spacial score (nSPS) is 28.1. The molecule has 110 valence electrons. The Kier molecular flexibility index (Phi) is 6.32. The highest BCUT2D eigenvalue weighted by Gasteiger charge is 2.41. The average molecular weight is 269 g/mol. The van der Waals surface area contributed by atoms with Crippen LogP contribution in [0.1, 0.15) is 59.3 Å². The molecule has 0 saturated heterocycles. The number of hydrogen-bond acceptors (Lipinski definition) is 2. The van der Waals surface area contributed by atoms with E-state index >= 15 is 0 Å². The molecule has 0 aromatic carbocycles. The molecule has 1 aliphatic rings. The first-order valence-electron chi connectivity index (χ1n) is 7.48. The Labute approximate surface area is 116 Å². The molecule has 1 aliphatic carbocycles. The van der Waals surface area contributed by atoms with Gasteiger partial charge in [0.15, 0.2) is 0 Å². The maximum absolute atomic E-state index is 12.2. The van der Waals surface area contributed by atoms with Crippen molar-refractivity contribution in [3.8, 4) is 0 Å². The van der Waals surface area contributed by atoms with Crippen molar-refractivity contribution in [2.45, 2.75) is 65.3 Å². The van der Waals surface area contributed by atoms with Crippen LogP contribution in [0.15, 0.2) is 0 Å². The molecule has 1 rings (SSSR count). The van der Waals surface area contributed by atoms with Crippen molar-refractivity contribution in [1.82, 2.24) is 5.32 Å². The Morgan fingerprint density at radius 2 is 1.89 bits per heavy atom. The molecule has 4 heteroatoms. The molecule has 0 aromatic heterocycles. The van der Waals surface area contributed by atoms with Gasteiger partial charge in [0.05, 0.1) is 11.8 Å². The number of rotatable bonds is 7. The Morgan fingerprint density at radius 1 is 1.26 bits per heavy atom. The molecule has 1 saturated carbocycles. The van der Waals surface area contributed by atoms with Gasteiger partial charge in [0.1, 0.15) is 0 Å². The minimum absolute atomic E-state index is 0.0688. The molecule has 0 heterocycles. The maximum atomic E-state index is 12.2. The van der Waals surface area contributed by atoms with Crippen molar-refractivity contribution in [3.63, 3.8) is 0 Å². The van der Waals surface area contributed by atoms with E-state index < -0.39 is 11.9 Å². The minimum Gasteiger partial charge on any atom is -0.481 e. The molecule has 4 unspecified atom stereocenters. The topological polar surface area (TPSA) is 66.4 Å². The monoisotopic (exact) mass is 269 g/mol. The zero-order valence-electron chi connectivity index (χ0n) is 12.3. The second-order valence-electron chi connectivity index (χ2n) is 6.03. The largest absolute Gasteiger partial charge is 0.481 e. The number of amides is 1. The van der Waals surface area contributed by atoms with Gasteiger partial charge in [-0.1, -0.05) is 33.1 Å². The van der Waals surface area contributed by atoms with Crippen LogP contribution in [-0.2, 0) is 9.59 Å². The molecule has 0 aromatic rings. The lowest BCUT2D eigenvalue weighted by atomic mass is 9.95. The van der Waals surface area contributed by atoms with Crippen LogP contribution in [0, 0.1) is 17.8 Å². The van der Waals surface area contributed by atoms with Crippen molar-refractivity contribution >= 4 is 11.9 Å². The van der Waals surface area contributed by atoms with Crippen molar-refractivity contribution in [2.75, 3.05) is 0 Å². The van der Waals surface area contributed by atoms with E-state index in [0.29, 0.717) is 18.8 Å². The maximum Gasteiger partial charge on any atom is 0.307 e. The van der Waals surface area contributed by atoms with Crippen LogP contribution in [-0.4, -0.2) is 23.0 Å². The van der Waals surface area contributed by atoms with Gasteiger partial charge in [-0.25, -0.2) is 0 Å². The fourth-order valence-corrected chi connectivity index (χ4v) is 2.98. The number of carbonyl (C=O) groups excluding carboxylic acids is 1. The first-order valence-corrected chi connectivity index (χ1v) is 7.48. The van der Waals surface area contributed by atoms with Gasteiger partial charge in [-0.3, -0.25) is 9.59 Å². The number of carbonyl (C=O) groups is 2. The summed E-state index contributed by atoms with van der Waals surface area (Å²) in [4.78, 5) is 23.4. The van der Waals surface area contributed by atoms with E-state index in [1.54, 1.807) is 0 Å². The van der Waals surface area contributed by atoms with Crippen molar-refractivity contribution in [2.24, 2.45) is 17.8 Å². The number of carboxylic acids is 1. The van der Waals surface area contributed by atoms with Gasteiger partial charge >= 0.3 is 5.97 Å². The first-order chi connectivity index (χ1) is 8.95. The highest BCUT2D eigenvalue weighted by molar-refractivity contribution is 5.85. The van der Waals surface area contributed by atoms with Gasteiger partial charge in [0, 0.05) is 6.04 Å². The van der Waals surface area contributed by atoms with E-state index in [2.05, 4.69) is 12.2 Å². The van der Waals surface area contributed by atoms with Gasteiger partial charge in [-0.05, 0) is 32.1 Å². The summed E-state index contributed by atoms with van der Waals surface area (Å²) >= 11 is 0. The molecule has 0 aliphatic heterocycles. The third-order valence-corrected chi connectivity index (χ3v) is 4.08. The summed E-state index contributed by atoms with van der Waals surface area (Å²) < 4.78 is 0. The Hall–Kier alpha value is -1.06. The predicted octanol–water partition coefficient (Wildman–Crippen LogP) is 2.82. The Balaban J connectivity index is 2.45. The van der Waals surface area contributed by atoms with E-state index in [0.717, 1.165) is 12.8 Å². The lowest BCUT2D eigenvalue weighted by Crippen LogP contribution is -2.40. The highest BCUT2D eigenvalue weighted by atomic mass is 16.4. The lowest BCUT2D eigenvalue weighted by Gasteiger charge is -2.19. The summed E-state index contributed by atoms with van der Waals surface area (Å²) in [6.07, 6.45) is 5.75. The molecule has 0 spiro atoms. The van der Waals surface area contributed by atoms with Crippen LogP contribution in [0.4, 0.5) is 0 Å². The molecule has 4 nitrogen and oxygen atoms in total. The summed E-state index contributed by atoms with van der Waals surface area (Å²) in [6.45, 7) is 6.18. The Morgan fingerprint density at radius 3 is 2.47 bits per heavy atom. The van der Waals surface area contributed by atoms with Crippen LogP contribution in [0.5, 0.6) is 0 Å². The number of aliphatic carboxylic acids is 1. The van der Waals surface area contributed by atoms with Crippen LogP contribution in [0.2, 0.25) is 0 Å². The first kappa shape index (κ1) is 16.0. The highest BCUT2D eigenvalue weighted by Crippen LogP contribution is 2.36. The lowest BCUT2D eigenvalue weighted by molar-refractivity contribution is -0.146. The van der Waals surface area contributed by atoms with Crippen LogP contribution < -0.4 is 5.32 Å². The smallest absolute Gasteiger partial charge is 0.307 e. The quantitative estimate of drug-likeness (QED) is 0.698. The number of unbranched alkanes of at least 4 members (excludes halogenated alkanes) is 2. The summed E-state index contributed by atoms with van der Waals surface area (Å²) in [5, 5.41) is 12.2. The Bertz CT molecular complexity index is 317. The predicted molar refractivity (Wildman–Crippen MR) is 74.8 cm³/mol. The van der Waals surface area contributed by atoms with Crippen LogP contribution >= 0.6 is 0 Å². The van der Waals surface area contributed by atoms with Gasteiger partial charge in [-0.2, -0.15) is 0 Å². The zero-order chi connectivity index (χ0) is 14.4. The SMILES string of the molecule is CCCCCC(C)NC(=O)C1CC(C)CC1C(=O)O. The van der Waals surface area contributed by atoms with E-state index in [9.17, 15) is 14.7 Å². The standard InChI is InChI=1S/C15H27NO3/c1-4-5-6-7-11(3)16-14(17)12-8-10(2)9-13(12)15(18)19/h10-13H,4-9H2,1-3H3,(H,16,17)(H,18,19). The van der Waals surface area contributed by atoms with E-state index in [4.69, 9.17) is 0 Å². The third-order valence-electron chi connectivity index (χ3n) is 4.08. The summed E-state index contributed by atoms with van der Waals surface area (Å²) in [5.41, 5.74) is 0. The molecule has 2 N–H and O–H groups in total. The van der Waals surface area contributed by atoms with Crippen molar-refractivity contribution in [1.29, 1.82) is 0 Å². The zero-order valence-corrected chi connectivity index (χ0v) is 12.3. The molecule has 1 amide bonds. The van der Waals surface area contributed by atoms with Crippen molar-refractivity contribution in [3.05, 3.63) is 0 Å². The van der Waals surface area contributed by atoms with E-state index in [1.807, 2.05) is 13.8 Å². The molecular weight excluding hydrogens is 242 g/mol. The fourth-order valence-electron chi connectivity index (χ4n) is 2.98. The third kappa shape index (κ3) is 4.84. The molecule has 0 bridgehead atoms.